The highest BCUT2D eigenvalue weighted by atomic mass is 16.7. The van der Waals surface area contributed by atoms with Gasteiger partial charge in [0.2, 0.25) is 11.6 Å². The van der Waals surface area contributed by atoms with E-state index in [1.165, 1.54) is 19.2 Å². The van der Waals surface area contributed by atoms with E-state index >= 15 is 0 Å². The van der Waals surface area contributed by atoms with Crippen molar-refractivity contribution in [2.75, 3.05) is 7.11 Å². The van der Waals surface area contributed by atoms with Crippen LogP contribution in [0.5, 0.6) is 5.75 Å². The molecule has 0 saturated carbocycles. The van der Waals surface area contributed by atoms with E-state index in [2.05, 4.69) is 0 Å². The number of Topliss-reactive ketones (excluding diaryl/α,β-unsaturated/α-hetero) is 2. The van der Waals surface area contributed by atoms with Crippen LogP contribution in [0.2, 0.25) is 0 Å². The molecule has 1 heterocycles. The lowest BCUT2D eigenvalue weighted by Gasteiger charge is -2.44. The number of hydrogen-bond donors (Lipinski definition) is 1. The number of carbonyl (C=O) groups is 2. The van der Waals surface area contributed by atoms with Gasteiger partial charge in [-0.25, -0.2) is 0 Å². The smallest absolute Gasteiger partial charge is 0.264 e. The lowest BCUT2D eigenvalue weighted by Crippen LogP contribution is -2.66. The second-order valence-corrected chi connectivity index (χ2v) is 7.30. The number of methoxy groups -OCH3 is 1. The molecule has 0 radical (unpaired) electrons. The molecule has 0 bridgehead atoms. The fourth-order valence-electron chi connectivity index (χ4n) is 4.52. The van der Waals surface area contributed by atoms with Crippen molar-refractivity contribution in [3.8, 4) is 5.75 Å². The van der Waals surface area contributed by atoms with Crippen LogP contribution in [0.3, 0.4) is 0 Å². The molecule has 2 aliphatic rings. The Hall–Kier alpha value is -3.10. The average molecular weight is 397 g/mol. The van der Waals surface area contributed by atoms with Crippen molar-refractivity contribution in [1.82, 2.24) is 0 Å². The number of nitrogens with zero attached hydrogens (tertiary/aromatic N) is 1. The van der Waals surface area contributed by atoms with Crippen molar-refractivity contribution in [1.29, 1.82) is 0 Å². The summed E-state index contributed by atoms with van der Waals surface area (Å²) in [4.78, 5) is 38.2. The number of carbonyl (C=O) groups excluding carboxylic acids is 2. The number of ether oxygens (including phenoxy) is 2. The van der Waals surface area contributed by atoms with Crippen LogP contribution < -0.4 is 4.74 Å². The van der Waals surface area contributed by atoms with Gasteiger partial charge in [0.25, 0.3) is 11.6 Å². The zero-order valence-corrected chi connectivity index (χ0v) is 15.8. The van der Waals surface area contributed by atoms with Gasteiger partial charge < -0.3 is 14.6 Å². The van der Waals surface area contributed by atoms with Gasteiger partial charge in [-0.05, 0) is 6.07 Å². The van der Waals surface area contributed by atoms with E-state index in [0.29, 0.717) is 11.3 Å². The number of para-hydroxylation sites is 1. The molecule has 4 atom stereocenters. The average Bonchev–Trinajstić information content (AvgIpc) is 2.93. The molecule has 8 nitrogen and oxygen atoms in total. The molecule has 1 aliphatic heterocycles. The largest absolute Gasteiger partial charge is 0.496 e. The highest BCUT2D eigenvalue weighted by Crippen LogP contribution is 2.50. The Bertz CT molecular complexity index is 983. The van der Waals surface area contributed by atoms with Crippen LogP contribution in [0.4, 0.5) is 0 Å². The van der Waals surface area contributed by atoms with Gasteiger partial charge in [-0.2, -0.15) is 0 Å². The van der Waals surface area contributed by atoms with Crippen LogP contribution >= 0.6 is 0 Å². The van der Waals surface area contributed by atoms with Gasteiger partial charge >= 0.3 is 0 Å². The molecule has 0 aromatic heterocycles. The first-order valence-corrected chi connectivity index (χ1v) is 9.15. The quantitative estimate of drug-likeness (QED) is 0.480. The van der Waals surface area contributed by atoms with E-state index in [-0.39, 0.29) is 11.1 Å². The summed E-state index contributed by atoms with van der Waals surface area (Å²) in [7, 11) is 1.43. The SMILES string of the molecule is COc1ccccc1[C@@H]1[C@@H](C)[C@H](O)OC2(C(=O)c3ccccc3C2=O)[C@H]1[N+](=O)[O-]. The molecule has 1 aliphatic carbocycles. The second kappa shape index (κ2) is 6.75. The van der Waals surface area contributed by atoms with Crippen LogP contribution in [0, 0.1) is 16.0 Å². The molecule has 1 N–H and O–H groups in total. The Labute approximate surface area is 166 Å². The molecule has 0 unspecified atom stereocenters. The van der Waals surface area contributed by atoms with Crippen molar-refractivity contribution < 1.29 is 29.1 Å². The van der Waals surface area contributed by atoms with Crippen LogP contribution in [0.15, 0.2) is 48.5 Å². The van der Waals surface area contributed by atoms with Gasteiger partial charge in [-0.3, -0.25) is 19.7 Å². The van der Waals surface area contributed by atoms with Crippen LogP contribution in [-0.4, -0.2) is 46.6 Å². The number of hydrogen-bond acceptors (Lipinski definition) is 7. The molecule has 4 rings (SSSR count). The topological polar surface area (TPSA) is 116 Å². The second-order valence-electron chi connectivity index (χ2n) is 7.30. The number of aliphatic hydroxyl groups excluding tert-OH is 1. The summed E-state index contributed by atoms with van der Waals surface area (Å²) >= 11 is 0. The van der Waals surface area contributed by atoms with Crippen molar-refractivity contribution in [2.24, 2.45) is 5.92 Å². The summed E-state index contributed by atoms with van der Waals surface area (Å²) in [5.74, 6) is -2.99. The molecule has 29 heavy (non-hydrogen) atoms. The predicted octanol–water partition coefficient (Wildman–Crippen LogP) is 2.23. The summed E-state index contributed by atoms with van der Waals surface area (Å²) in [6, 6.07) is 11.0. The van der Waals surface area contributed by atoms with Gasteiger partial charge in [0.15, 0.2) is 6.29 Å². The van der Waals surface area contributed by atoms with E-state index in [9.17, 15) is 24.8 Å². The minimum atomic E-state index is -2.43. The van der Waals surface area contributed by atoms with Crippen molar-refractivity contribution in [3.05, 3.63) is 75.3 Å². The summed E-state index contributed by atoms with van der Waals surface area (Å²) < 4.78 is 10.9. The molecular formula is C21H19NO7. The lowest BCUT2D eigenvalue weighted by atomic mass is 9.69. The van der Waals surface area contributed by atoms with E-state index in [0.717, 1.165) is 0 Å². The molecule has 1 fully saturated rings. The van der Waals surface area contributed by atoms with Crippen molar-refractivity contribution >= 4 is 11.6 Å². The Morgan fingerprint density at radius 1 is 1.07 bits per heavy atom. The van der Waals surface area contributed by atoms with Gasteiger partial charge in [0.05, 0.1) is 13.0 Å². The van der Waals surface area contributed by atoms with E-state index in [4.69, 9.17) is 9.47 Å². The molecule has 1 saturated heterocycles. The van der Waals surface area contributed by atoms with Gasteiger partial charge in [0.1, 0.15) is 5.75 Å². The number of ketones is 2. The van der Waals surface area contributed by atoms with Crippen molar-refractivity contribution in [3.63, 3.8) is 0 Å². The molecule has 2 aromatic rings. The summed E-state index contributed by atoms with van der Waals surface area (Å²) in [5, 5.41) is 22.9. The van der Waals surface area contributed by atoms with Crippen LogP contribution in [0.1, 0.15) is 39.1 Å². The van der Waals surface area contributed by atoms with E-state index in [1.807, 2.05) is 0 Å². The molecule has 150 valence electrons. The first kappa shape index (κ1) is 19.2. The summed E-state index contributed by atoms with van der Waals surface area (Å²) in [6.07, 6.45) is -1.55. The Balaban J connectivity index is 1.96. The maximum Gasteiger partial charge on any atom is 0.264 e. The molecule has 1 spiro atoms. The molecule has 0 amide bonds. The number of fused-ring (bicyclic) bond motifs is 1. The zero-order chi connectivity index (χ0) is 20.9. The van der Waals surface area contributed by atoms with Crippen LogP contribution in [-0.2, 0) is 4.74 Å². The molecule has 2 aromatic carbocycles. The third kappa shape index (κ3) is 2.53. The highest BCUT2D eigenvalue weighted by molar-refractivity contribution is 6.32. The number of benzene rings is 2. The first-order chi connectivity index (χ1) is 13.8. The third-order valence-electron chi connectivity index (χ3n) is 5.90. The fraction of sp³-hybridized carbons (Fsp3) is 0.333. The van der Waals surface area contributed by atoms with E-state index < -0.39 is 46.3 Å². The van der Waals surface area contributed by atoms with Crippen LogP contribution in [0.25, 0.3) is 0 Å². The Kier molecular flexibility index (Phi) is 4.48. The Morgan fingerprint density at radius 2 is 1.62 bits per heavy atom. The number of nitro groups is 1. The summed E-state index contributed by atoms with van der Waals surface area (Å²) in [5.41, 5.74) is -1.87. The van der Waals surface area contributed by atoms with Crippen molar-refractivity contribution in [2.45, 2.75) is 30.8 Å². The normalized spacial score (nSPS) is 27.7. The lowest BCUT2D eigenvalue weighted by molar-refractivity contribution is -0.554. The fourth-order valence-corrected chi connectivity index (χ4v) is 4.52. The Morgan fingerprint density at radius 3 is 2.17 bits per heavy atom. The maximum atomic E-state index is 13.3. The minimum Gasteiger partial charge on any atom is -0.496 e. The first-order valence-electron chi connectivity index (χ1n) is 9.15. The monoisotopic (exact) mass is 397 g/mol. The minimum absolute atomic E-state index is 0.0601. The van der Waals surface area contributed by atoms with E-state index in [1.54, 1.807) is 43.3 Å². The highest BCUT2D eigenvalue weighted by Gasteiger charge is 2.71. The standard InChI is InChI=1S/C21H19NO7/c1-11-16(14-9-5-6-10-15(14)28-2)17(22(26)27)21(29-20(11)25)18(23)12-7-3-4-8-13(12)19(21)24/h3-11,16-17,20,25H,1-2H3/t11-,16+,17+,20-/m1/s1. The maximum absolute atomic E-state index is 13.3. The third-order valence-corrected chi connectivity index (χ3v) is 5.90. The molecule has 8 heteroatoms. The zero-order valence-electron chi connectivity index (χ0n) is 15.8. The van der Waals surface area contributed by atoms with Gasteiger partial charge in [0, 0.05) is 27.5 Å². The van der Waals surface area contributed by atoms with Gasteiger partial charge in [-0.1, -0.05) is 49.4 Å². The molecular weight excluding hydrogens is 378 g/mol. The predicted molar refractivity (Wildman–Crippen MR) is 101 cm³/mol. The number of aliphatic hydroxyl groups is 1. The van der Waals surface area contributed by atoms with Gasteiger partial charge in [-0.15, -0.1) is 0 Å². The summed E-state index contributed by atoms with van der Waals surface area (Å²) in [6.45, 7) is 1.59. The number of rotatable bonds is 3.